The van der Waals surface area contributed by atoms with Gasteiger partial charge in [0.15, 0.2) is 6.10 Å². The molecule has 0 aliphatic carbocycles. The average Bonchev–Trinajstić information content (AvgIpc) is 3.47. The fourth-order valence-electron chi connectivity index (χ4n) is 9.19. The van der Waals surface area contributed by atoms with Crippen LogP contribution in [-0.2, 0) is 28.6 Å². The minimum Gasteiger partial charge on any atom is -0.462 e. The van der Waals surface area contributed by atoms with Crippen molar-refractivity contribution in [2.75, 3.05) is 13.2 Å². The van der Waals surface area contributed by atoms with Crippen LogP contribution in [0.1, 0.15) is 303 Å². The van der Waals surface area contributed by atoms with E-state index in [1.54, 1.807) is 6.08 Å². The number of hydrogen-bond donors (Lipinski definition) is 0. The molecule has 0 saturated heterocycles. The Morgan fingerprint density at radius 2 is 0.531 bits per heavy atom. The summed E-state index contributed by atoms with van der Waals surface area (Å²) in [6.07, 6.45) is 96.4. The lowest BCUT2D eigenvalue weighted by molar-refractivity contribution is -0.166. The molecule has 0 amide bonds. The van der Waals surface area contributed by atoms with Crippen molar-refractivity contribution < 1.29 is 28.6 Å². The summed E-state index contributed by atoms with van der Waals surface area (Å²) in [5, 5.41) is 0. The molecular weight excluding hydrogens is 997 g/mol. The van der Waals surface area contributed by atoms with Crippen molar-refractivity contribution in [3.05, 3.63) is 134 Å². The monoisotopic (exact) mass is 1120 g/mol. The normalized spacial score (nSPS) is 13.0. The first kappa shape index (κ1) is 76.5. The van der Waals surface area contributed by atoms with Crippen LogP contribution >= 0.6 is 0 Å². The van der Waals surface area contributed by atoms with Gasteiger partial charge in [-0.05, 0) is 116 Å². The zero-order chi connectivity index (χ0) is 58.5. The summed E-state index contributed by atoms with van der Waals surface area (Å²) in [7, 11) is 0. The number of rotatable bonds is 60. The van der Waals surface area contributed by atoms with Gasteiger partial charge in [0.1, 0.15) is 13.2 Å². The topological polar surface area (TPSA) is 78.9 Å². The second kappa shape index (κ2) is 68.1. The molecule has 6 heteroatoms. The van der Waals surface area contributed by atoms with Crippen molar-refractivity contribution in [1.29, 1.82) is 0 Å². The van der Waals surface area contributed by atoms with E-state index in [2.05, 4.69) is 142 Å². The third-order valence-electron chi connectivity index (χ3n) is 14.2. The molecule has 0 aromatic heterocycles. The molecule has 0 fully saturated rings. The van der Waals surface area contributed by atoms with Gasteiger partial charge in [-0.15, -0.1) is 0 Å². The number of hydrogen-bond acceptors (Lipinski definition) is 6. The largest absolute Gasteiger partial charge is 0.462 e. The number of allylic oxidation sites excluding steroid dienone is 21. The first-order valence-corrected chi connectivity index (χ1v) is 33.7. The second-order valence-electron chi connectivity index (χ2n) is 22.0. The fraction of sp³-hybridized carbons (Fsp3) is 0.667. The molecule has 1 atom stereocenters. The molecule has 6 nitrogen and oxygen atoms in total. The molecule has 0 spiro atoms. The van der Waals surface area contributed by atoms with Crippen molar-refractivity contribution in [1.82, 2.24) is 0 Å². The summed E-state index contributed by atoms with van der Waals surface area (Å²) in [5.74, 6) is -1.05. The van der Waals surface area contributed by atoms with Crippen molar-refractivity contribution in [3.63, 3.8) is 0 Å². The maximum atomic E-state index is 12.9. The van der Waals surface area contributed by atoms with Gasteiger partial charge in [0.05, 0.1) is 6.42 Å². The molecule has 0 aliphatic rings. The zero-order valence-electron chi connectivity index (χ0n) is 52.8. The van der Waals surface area contributed by atoms with E-state index in [0.29, 0.717) is 12.8 Å². The van der Waals surface area contributed by atoms with Crippen LogP contribution in [0.5, 0.6) is 0 Å². The summed E-state index contributed by atoms with van der Waals surface area (Å²) in [4.78, 5) is 38.3. The van der Waals surface area contributed by atoms with E-state index < -0.39 is 12.1 Å². The van der Waals surface area contributed by atoms with Gasteiger partial charge in [-0.1, -0.05) is 302 Å². The SMILES string of the molecule is CC/C=C\C/C=C\C/C=C\C/C=C\C/C=C\CC(=O)OCC(COC(=O)CCCCCCCCCCCCCCC/C=C\C/C=C\CCCCCCC)OC(=O)CCCCCCCCCCCC/C=C\C/C=C\C/C=C\C/C=C\CC. The van der Waals surface area contributed by atoms with E-state index >= 15 is 0 Å². The molecule has 81 heavy (non-hydrogen) atoms. The molecule has 460 valence electrons. The second-order valence-corrected chi connectivity index (χ2v) is 22.0. The molecule has 0 bridgehead atoms. The van der Waals surface area contributed by atoms with Gasteiger partial charge < -0.3 is 14.2 Å². The molecule has 0 saturated carbocycles. The highest BCUT2D eigenvalue weighted by atomic mass is 16.6. The van der Waals surface area contributed by atoms with Crippen LogP contribution in [0.2, 0.25) is 0 Å². The number of carbonyl (C=O) groups is 3. The predicted molar refractivity (Wildman–Crippen MR) is 353 cm³/mol. The van der Waals surface area contributed by atoms with Crippen molar-refractivity contribution in [2.24, 2.45) is 0 Å². The zero-order valence-corrected chi connectivity index (χ0v) is 52.8. The maximum Gasteiger partial charge on any atom is 0.309 e. The highest BCUT2D eigenvalue weighted by Crippen LogP contribution is 2.16. The first-order chi connectivity index (χ1) is 40.0. The summed E-state index contributed by atoms with van der Waals surface area (Å²) in [5.41, 5.74) is 0. The van der Waals surface area contributed by atoms with E-state index in [9.17, 15) is 14.4 Å². The Hall–Kier alpha value is -4.45. The van der Waals surface area contributed by atoms with Crippen LogP contribution in [0.3, 0.4) is 0 Å². The van der Waals surface area contributed by atoms with Gasteiger partial charge in [-0.2, -0.15) is 0 Å². The standard InChI is InChI=1S/C75H124O6/c1-4-7-10-13-16-19-22-25-28-30-32-34-36-37-39-40-42-44-47-50-53-56-59-62-65-68-74(77)80-71-72(70-79-73(76)67-64-61-58-55-52-49-46-27-24-21-18-15-12-9-6-3)81-75(78)69-66-63-60-57-54-51-48-45-43-41-38-35-33-31-29-26-23-20-17-14-11-8-5-2/h8-9,11-12,17-18,20-22,25-27,29-30,32-33,35,46,52,55,61,64,72H,4-7,10,13-16,19,23-24,28,31,34,36-45,47-51,53-54,56-60,62-63,65-71H2,1-3H3/b11-8-,12-9-,20-17-,21-18-,25-22-,29-26-,32-30-,35-33-,46-27-,55-52-,64-61-. The van der Waals surface area contributed by atoms with Crippen LogP contribution in [0.25, 0.3) is 0 Å². The highest BCUT2D eigenvalue weighted by Gasteiger charge is 2.19. The van der Waals surface area contributed by atoms with Gasteiger partial charge in [-0.25, -0.2) is 0 Å². The first-order valence-electron chi connectivity index (χ1n) is 33.7. The molecule has 0 radical (unpaired) electrons. The highest BCUT2D eigenvalue weighted by molar-refractivity contribution is 5.72. The lowest BCUT2D eigenvalue weighted by atomic mass is 10.0. The molecule has 0 aromatic carbocycles. The van der Waals surface area contributed by atoms with Crippen LogP contribution in [-0.4, -0.2) is 37.2 Å². The number of carbonyl (C=O) groups excluding carboxylic acids is 3. The smallest absolute Gasteiger partial charge is 0.309 e. The molecule has 0 rings (SSSR count). The number of ether oxygens (including phenoxy) is 3. The van der Waals surface area contributed by atoms with Crippen molar-refractivity contribution in [3.8, 4) is 0 Å². The Morgan fingerprint density at radius 3 is 0.864 bits per heavy atom. The van der Waals surface area contributed by atoms with Crippen molar-refractivity contribution in [2.45, 2.75) is 309 Å². The van der Waals surface area contributed by atoms with Gasteiger partial charge >= 0.3 is 17.9 Å². The Balaban J connectivity index is 4.41. The summed E-state index contributed by atoms with van der Waals surface area (Å²) >= 11 is 0. The molecule has 0 aliphatic heterocycles. The number of unbranched alkanes of at least 4 members (excludes halogenated alkanes) is 28. The Morgan fingerprint density at radius 1 is 0.272 bits per heavy atom. The van der Waals surface area contributed by atoms with E-state index in [0.717, 1.165) is 103 Å². The minimum atomic E-state index is -0.827. The van der Waals surface area contributed by atoms with Gasteiger partial charge in [0, 0.05) is 12.8 Å². The molecule has 0 N–H and O–H groups in total. The molecule has 1 unspecified atom stereocenters. The van der Waals surface area contributed by atoms with Crippen LogP contribution in [0.15, 0.2) is 134 Å². The Bertz CT molecular complexity index is 1720. The molecule has 0 aromatic rings. The summed E-state index contributed by atoms with van der Waals surface area (Å²) in [6, 6.07) is 0. The van der Waals surface area contributed by atoms with Gasteiger partial charge in [-0.3, -0.25) is 14.4 Å². The summed E-state index contributed by atoms with van der Waals surface area (Å²) in [6.45, 7) is 6.33. The lowest BCUT2D eigenvalue weighted by Gasteiger charge is -2.18. The van der Waals surface area contributed by atoms with E-state index in [1.165, 1.54) is 161 Å². The third-order valence-corrected chi connectivity index (χ3v) is 14.2. The van der Waals surface area contributed by atoms with Crippen molar-refractivity contribution >= 4 is 17.9 Å². The van der Waals surface area contributed by atoms with Crippen LogP contribution in [0.4, 0.5) is 0 Å². The number of esters is 3. The van der Waals surface area contributed by atoms with Gasteiger partial charge in [0.2, 0.25) is 0 Å². The lowest BCUT2D eigenvalue weighted by Crippen LogP contribution is -2.30. The van der Waals surface area contributed by atoms with E-state index in [-0.39, 0.29) is 31.6 Å². The van der Waals surface area contributed by atoms with Crippen LogP contribution in [0, 0.1) is 0 Å². The predicted octanol–water partition coefficient (Wildman–Crippen LogP) is 23.3. The van der Waals surface area contributed by atoms with E-state index in [1.807, 2.05) is 6.08 Å². The Labute approximate surface area is 500 Å². The Kier molecular flexibility index (Phi) is 64.3. The molecule has 0 heterocycles. The quantitative estimate of drug-likeness (QED) is 0.0261. The maximum absolute atomic E-state index is 12.9. The van der Waals surface area contributed by atoms with Crippen LogP contribution < -0.4 is 0 Å². The fourth-order valence-corrected chi connectivity index (χ4v) is 9.19. The molecular formula is C75H124O6. The summed E-state index contributed by atoms with van der Waals surface area (Å²) < 4.78 is 16.8. The van der Waals surface area contributed by atoms with Gasteiger partial charge in [0.25, 0.3) is 0 Å². The average molecular weight is 1120 g/mol. The third kappa shape index (κ3) is 66.2. The minimum absolute atomic E-state index is 0.112. The van der Waals surface area contributed by atoms with E-state index in [4.69, 9.17) is 14.2 Å².